The molecule has 1 N–H and O–H groups in total. The van der Waals surface area contributed by atoms with Crippen LogP contribution in [-0.4, -0.2) is 65.6 Å². The van der Waals surface area contributed by atoms with Crippen molar-refractivity contribution in [1.29, 1.82) is 0 Å². The summed E-state index contributed by atoms with van der Waals surface area (Å²) in [6, 6.07) is 5.42. The third-order valence-electron chi connectivity index (χ3n) is 4.65. The molecule has 1 aromatic rings. The van der Waals surface area contributed by atoms with E-state index in [9.17, 15) is 23.5 Å². The Morgan fingerprint density at radius 3 is 2.32 bits per heavy atom. The maximum absolute atomic E-state index is 12.6. The normalized spacial score (nSPS) is 19.7. The summed E-state index contributed by atoms with van der Waals surface area (Å²) >= 11 is 0. The van der Waals surface area contributed by atoms with E-state index in [2.05, 4.69) is 4.74 Å². The Hall–Kier alpha value is -2.22. The van der Waals surface area contributed by atoms with Crippen LogP contribution in [0.5, 0.6) is 5.75 Å². The monoisotopic (exact) mass is 354 g/mol. The summed E-state index contributed by atoms with van der Waals surface area (Å²) in [6.45, 7) is -1.37. The number of alkyl halides is 2. The number of ether oxygens (including phenoxy) is 1. The number of carboxylic acid groups (broad SMARTS) is 1. The molecule has 1 aromatic carbocycles. The largest absolute Gasteiger partial charge is 0.480 e. The zero-order valence-corrected chi connectivity index (χ0v) is 13.6. The van der Waals surface area contributed by atoms with E-state index in [1.165, 1.54) is 18.2 Å². The molecular weight excluding hydrogens is 334 g/mol. The molecule has 3 rings (SSSR count). The number of para-hydroxylation sites is 1. The minimum Gasteiger partial charge on any atom is -0.480 e. The highest BCUT2D eigenvalue weighted by Crippen LogP contribution is 2.36. The molecule has 1 heterocycles. The predicted molar refractivity (Wildman–Crippen MR) is 84.7 cm³/mol. The van der Waals surface area contributed by atoms with E-state index in [0.29, 0.717) is 26.2 Å². The van der Waals surface area contributed by atoms with Gasteiger partial charge in [-0.2, -0.15) is 8.78 Å². The molecule has 2 aliphatic rings. The first-order valence-electron chi connectivity index (χ1n) is 8.27. The zero-order valence-electron chi connectivity index (χ0n) is 13.6. The summed E-state index contributed by atoms with van der Waals surface area (Å²) in [5.41, 5.74) is 0.0910. The number of benzene rings is 1. The van der Waals surface area contributed by atoms with E-state index >= 15 is 0 Å². The molecule has 2 fully saturated rings. The molecule has 0 radical (unpaired) electrons. The lowest BCUT2D eigenvalue weighted by Gasteiger charge is -2.38. The lowest BCUT2D eigenvalue weighted by Crippen LogP contribution is -2.54. The van der Waals surface area contributed by atoms with Crippen molar-refractivity contribution in [2.75, 3.05) is 26.2 Å². The smallest absolute Gasteiger partial charge is 0.387 e. The number of piperazine rings is 1. The topological polar surface area (TPSA) is 70.1 Å². The Bertz CT molecular complexity index is 643. The van der Waals surface area contributed by atoms with Gasteiger partial charge in [0.15, 0.2) is 0 Å². The minimum atomic E-state index is -3.00. The summed E-state index contributed by atoms with van der Waals surface area (Å²) in [5, 5.41) is 9.40. The van der Waals surface area contributed by atoms with Gasteiger partial charge in [-0.3, -0.25) is 14.5 Å². The van der Waals surface area contributed by atoms with Crippen LogP contribution in [-0.2, 0) is 4.79 Å². The number of hydrogen-bond donors (Lipinski definition) is 1. The van der Waals surface area contributed by atoms with E-state index in [4.69, 9.17) is 0 Å². The van der Waals surface area contributed by atoms with E-state index < -0.39 is 18.6 Å². The van der Waals surface area contributed by atoms with Gasteiger partial charge in [-0.05, 0) is 30.9 Å². The van der Waals surface area contributed by atoms with Crippen molar-refractivity contribution in [2.24, 2.45) is 5.92 Å². The third-order valence-corrected chi connectivity index (χ3v) is 4.65. The number of amides is 1. The number of rotatable bonds is 6. The maximum atomic E-state index is 12.6. The predicted octanol–water partition coefficient (Wildman–Crippen LogP) is 1.91. The SMILES string of the molecule is O=C(O)C(C1CC1)N1CCN(C(=O)c2ccccc2OC(F)F)CC1. The van der Waals surface area contributed by atoms with Gasteiger partial charge in [0.05, 0.1) is 5.56 Å². The first kappa shape index (κ1) is 17.6. The molecule has 6 nitrogen and oxygen atoms in total. The summed E-state index contributed by atoms with van der Waals surface area (Å²) in [6.07, 6.45) is 1.85. The molecule has 1 aliphatic heterocycles. The molecule has 0 bridgehead atoms. The van der Waals surface area contributed by atoms with E-state index in [-0.39, 0.29) is 23.1 Å². The molecule has 0 aromatic heterocycles. The van der Waals surface area contributed by atoms with Crippen LogP contribution in [0.3, 0.4) is 0 Å². The highest BCUT2D eigenvalue weighted by Gasteiger charge is 2.41. The van der Waals surface area contributed by atoms with Gasteiger partial charge >= 0.3 is 12.6 Å². The summed E-state index contributed by atoms with van der Waals surface area (Å²) in [7, 11) is 0. The Morgan fingerprint density at radius 2 is 1.76 bits per heavy atom. The van der Waals surface area contributed by atoms with Crippen molar-refractivity contribution in [3.05, 3.63) is 29.8 Å². The molecular formula is C17H20F2N2O4. The number of carbonyl (C=O) groups is 2. The van der Waals surface area contributed by atoms with Crippen LogP contribution in [0.15, 0.2) is 24.3 Å². The molecule has 1 atom stereocenters. The molecule has 25 heavy (non-hydrogen) atoms. The summed E-state index contributed by atoms with van der Waals surface area (Å²) in [5.74, 6) is -1.15. The summed E-state index contributed by atoms with van der Waals surface area (Å²) in [4.78, 5) is 27.5. The van der Waals surface area contributed by atoms with Gasteiger partial charge in [-0.15, -0.1) is 0 Å². The van der Waals surface area contributed by atoms with Gasteiger partial charge in [0.1, 0.15) is 11.8 Å². The molecule has 1 saturated carbocycles. The molecule has 8 heteroatoms. The van der Waals surface area contributed by atoms with E-state index in [1.807, 2.05) is 4.90 Å². The number of carbonyl (C=O) groups excluding carboxylic acids is 1. The van der Waals surface area contributed by atoms with Gasteiger partial charge in [-0.1, -0.05) is 12.1 Å². The Morgan fingerprint density at radius 1 is 1.12 bits per heavy atom. The number of nitrogens with zero attached hydrogens (tertiary/aromatic N) is 2. The van der Waals surface area contributed by atoms with Crippen molar-refractivity contribution in [3.8, 4) is 5.75 Å². The number of halogens is 2. The Balaban J connectivity index is 1.65. The first-order valence-corrected chi connectivity index (χ1v) is 8.27. The number of carboxylic acids is 1. The third kappa shape index (κ3) is 4.07. The van der Waals surface area contributed by atoms with Crippen LogP contribution < -0.4 is 4.74 Å². The van der Waals surface area contributed by atoms with Gasteiger partial charge in [0, 0.05) is 26.2 Å². The van der Waals surface area contributed by atoms with Gasteiger partial charge in [-0.25, -0.2) is 0 Å². The van der Waals surface area contributed by atoms with Crippen molar-refractivity contribution < 1.29 is 28.2 Å². The molecule has 1 amide bonds. The lowest BCUT2D eigenvalue weighted by atomic mass is 10.1. The van der Waals surface area contributed by atoms with Crippen LogP contribution in [0.1, 0.15) is 23.2 Å². The highest BCUT2D eigenvalue weighted by molar-refractivity contribution is 5.97. The molecule has 1 saturated heterocycles. The van der Waals surface area contributed by atoms with Crippen LogP contribution in [0.25, 0.3) is 0 Å². The maximum Gasteiger partial charge on any atom is 0.387 e. The van der Waals surface area contributed by atoms with Crippen molar-refractivity contribution in [1.82, 2.24) is 9.80 Å². The lowest BCUT2D eigenvalue weighted by molar-refractivity contribution is -0.144. The van der Waals surface area contributed by atoms with Crippen LogP contribution in [0.2, 0.25) is 0 Å². The number of hydrogen-bond acceptors (Lipinski definition) is 4. The number of aliphatic carboxylic acids is 1. The fraction of sp³-hybridized carbons (Fsp3) is 0.529. The van der Waals surface area contributed by atoms with Gasteiger partial charge in [0.2, 0.25) is 0 Å². The van der Waals surface area contributed by atoms with Crippen LogP contribution in [0.4, 0.5) is 8.78 Å². The molecule has 0 spiro atoms. The van der Waals surface area contributed by atoms with E-state index in [1.54, 1.807) is 11.0 Å². The second kappa shape index (κ2) is 7.35. The molecule has 1 aliphatic carbocycles. The minimum absolute atomic E-state index is 0.0910. The zero-order chi connectivity index (χ0) is 18.0. The average molecular weight is 354 g/mol. The van der Waals surface area contributed by atoms with Gasteiger partial charge in [0.25, 0.3) is 5.91 Å². The average Bonchev–Trinajstić information content (AvgIpc) is 3.39. The molecule has 136 valence electrons. The Labute approximate surface area is 144 Å². The highest BCUT2D eigenvalue weighted by atomic mass is 19.3. The standard InChI is InChI=1S/C17H20F2N2O4/c18-17(19)25-13-4-2-1-3-12(13)15(22)21-9-7-20(8-10-21)14(16(23)24)11-5-6-11/h1-4,11,14,17H,5-10H2,(H,23,24). The van der Waals surface area contributed by atoms with E-state index in [0.717, 1.165) is 12.8 Å². The molecule has 1 unspecified atom stereocenters. The Kier molecular flexibility index (Phi) is 5.17. The van der Waals surface area contributed by atoms with Crippen molar-refractivity contribution >= 4 is 11.9 Å². The van der Waals surface area contributed by atoms with Crippen molar-refractivity contribution in [2.45, 2.75) is 25.5 Å². The quantitative estimate of drug-likeness (QED) is 0.845. The fourth-order valence-corrected chi connectivity index (χ4v) is 3.28. The second-order valence-electron chi connectivity index (χ2n) is 6.32. The van der Waals surface area contributed by atoms with Crippen molar-refractivity contribution in [3.63, 3.8) is 0 Å². The van der Waals surface area contributed by atoms with Gasteiger partial charge < -0.3 is 14.7 Å². The van der Waals surface area contributed by atoms with Crippen LogP contribution in [0, 0.1) is 5.92 Å². The van der Waals surface area contributed by atoms with Crippen LogP contribution >= 0.6 is 0 Å². The summed E-state index contributed by atoms with van der Waals surface area (Å²) < 4.78 is 29.4. The fourth-order valence-electron chi connectivity index (χ4n) is 3.28. The first-order chi connectivity index (χ1) is 12.0. The second-order valence-corrected chi connectivity index (χ2v) is 6.32.